The van der Waals surface area contributed by atoms with E-state index in [1.54, 1.807) is 16.4 Å². The molecule has 0 aliphatic carbocycles. The number of hydroxylamine groups is 1. The Bertz CT molecular complexity index is 1080. The Kier molecular flexibility index (Phi) is 4.43. The highest BCUT2D eigenvalue weighted by atomic mass is 16.5. The molecule has 7 nitrogen and oxygen atoms in total. The Hall–Kier alpha value is -3.45. The molecule has 27 heavy (non-hydrogen) atoms. The summed E-state index contributed by atoms with van der Waals surface area (Å²) in [5.74, 6) is -0.501. The van der Waals surface area contributed by atoms with E-state index in [0.717, 1.165) is 27.7 Å². The first-order chi connectivity index (χ1) is 13.2. The van der Waals surface area contributed by atoms with Crippen LogP contribution >= 0.6 is 0 Å². The van der Waals surface area contributed by atoms with Gasteiger partial charge in [-0.05, 0) is 23.8 Å². The summed E-state index contributed by atoms with van der Waals surface area (Å²) in [5.41, 5.74) is 5.55. The van der Waals surface area contributed by atoms with Crippen LogP contribution in [0.2, 0.25) is 0 Å². The predicted octanol–water partition coefficient (Wildman–Crippen LogP) is 2.73. The quantitative estimate of drug-likeness (QED) is 0.423. The number of nitrogens with one attached hydrogen (secondary N) is 1. The lowest BCUT2D eigenvalue weighted by molar-refractivity contribution is -0.132. The van der Waals surface area contributed by atoms with E-state index in [1.165, 1.54) is 0 Å². The minimum atomic E-state index is -0.648. The van der Waals surface area contributed by atoms with E-state index in [2.05, 4.69) is 10.2 Å². The third-order valence-electron chi connectivity index (χ3n) is 4.64. The molecule has 2 aromatic carbocycles. The van der Waals surface area contributed by atoms with Crippen molar-refractivity contribution >= 4 is 16.8 Å². The molecule has 2 aromatic heterocycles. The molecule has 0 radical (unpaired) electrons. The van der Waals surface area contributed by atoms with Gasteiger partial charge < -0.3 is 0 Å². The number of fused-ring (bicyclic) bond motifs is 1. The van der Waals surface area contributed by atoms with Crippen molar-refractivity contribution in [3.8, 4) is 11.3 Å². The topological polar surface area (TPSA) is 85.0 Å². The molecule has 0 fully saturated rings. The highest BCUT2D eigenvalue weighted by molar-refractivity contribution is 5.85. The molecule has 0 aliphatic rings. The molecule has 4 aromatic rings. The summed E-state index contributed by atoms with van der Waals surface area (Å²) in [6.45, 7) is 0. The van der Waals surface area contributed by atoms with Gasteiger partial charge in [0.25, 0.3) is 5.91 Å². The van der Waals surface area contributed by atoms with Crippen molar-refractivity contribution in [1.29, 1.82) is 0 Å². The van der Waals surface area contributed by atoms with Gasteiger partial charge >= 0.3 is 0 Å². The van der Waals surface area contributed by atoms with Gasteiger partial charge in [-0.1, -0.05) is 36.4 Å². The first-order valence-corrected chi connectivity index (χ1v) is 8.61. The van der Waals surface area contributed by atoms with Crippen LogP contribution < -0.4 is 5.48 Å². The zero-order valence-electron chi connectivity index (χ0n) is 14.8. The number of hydrogen-bond donors (Lipinski definition) is 2. The van der Waals surface area contributed by atoms with E-state index in [9.17, 15) is 4.79 Å². The molecule has 0 saturated carbocycles. The first kappa shape index (κ1) is 17.0. The third-order valence-corrected chi connectivity index (χ3v) is 4.64. The third kappa shape index (κ3) is 3.32. The molecule has 0 spiro atoms. The molecule has 1 unspecified atom stereocenters. The molecule has 136 valence electrons. The van der Waals surface area contributed by atoms with Crippen molar-refractivity contribution in [2.24, 2.45) is 7.05 Å². The van der Waals surface area contributed by atoms with Gasteiger partial charge in [-0.15, -0.1) is 0 Å². The molecular weight excluding hydrogens is 342 g/mol. The van der Waals surface area contributed by atoms with Crippen LogP contribution in [0.3, 0.4) is 0 Å². The lowest BCUT2D eigenvalue weighted by atomic mass is 10.1. The fraction of sp³-hybridized carbons (Fsp3) is 0.150. The number of nitrogens with zero attached hydrogens (tertiary/aromatic N) is 4. The second kappa shape index (κ2) is 7.05. The van der Waals surface area contributed by atoms with Gasteiger partial charge in [0.05, 0.1) is 11.2 Å². The van der Waals surface area contributed by atoms with Crippen LogP contribution in [-0.2, 0) is 18.3 Å². The van der Waals surface area contributed by atoms with Crippen molar-refractivity contribution in [1.82, 2.24) is 25.0 Å². The van der Waals surface area contributed by atoms with E-state index in [-0.39, 0.29) is 0 Å². The fourth-order valence-electron chi connectivity index (χ4n) is 3.24. The van der Waals surface area contributed by atoms with Crippen LogP contribution in [0.15, 0.2) is 67.0 Å². The summed E-state index contributed by atoms with van der Waals surface area (Å²) >= 11 is 0. The maximum atomic E-state index is 12.3. The number of aryl methyl sites for hydroxylation is 1. The first-order valence-electron chi connectivity index (χ1n) is 8.61. The lowest BCUT2D eigenvalue weighted by Crippen LogP contribution is -2.32. The molecular formula is C20H19N5O2. The fourth-order valence-corrected chi connectivity index (χ4v) is 3.24. The number of benzene rings is 2. The Balaban J connectivity index is 1.72. The van der Waals surface area contributed by atoms with Crippen molar-refractivity contribution in [2.45, 2.75) is 12.5 Å². The SMILES string of the molecule is Cn1nccc1-c1ccc2nn(C(Cc3ccccc3)C(=O)NO)cc2c1. The van der Waals surface area contributed by atoms with E-state index in [1.807, 2.05) is 72.5 Å². The highest BCUT2D eigenvalue weighted by Crippen LogP contribution is 2.25. The minimum Gasteiger partial charge on any atom is -0.289 e. The summed E-state index contributed by atoms with van der Waals surface area (Å²) in [7, 11) is 1.89. The Morgan fingerprint density at radius 3 is 2.70 bits per heavy atom. The van der Waals surface area contributed by atoms with Crippen LogP contribution in [0.1, 0.15) is 11.6 Å². The average molecular weight is 361 g/mol. The van der Waals surface area contributed by atoms with E-state index >= 15 is 0 Å². The summed E-state index contributed by atoms with van der Waals surface area (Å²) in [6.07, 6.45) is 4.01. The van der Waals surface area contributed by atoms with Gasteiger partial charge in [0, 0.05) is 36.8 Å². The van der Waals surface area contributed by atoms with Crippen LogP contribution in [-0.4, -0.2) is 30.7 Å². The van der Waals surface area contributed by atoms with Gasteiger partial charge in [0.2, 0.25) is 0 Å². The van der Waals surface area contributed by atoms with Crippen molar-refractivity contribution < 1.29 is 10.0 Å². The summed E-state index contributed by atoms with van der Waals surface area (Å²) in [4.78, 5) is 12.3. The second-order valence-corrected chi connectivity index (χ2v) is 6.40. The van der Waals surface area contributed by atoms with Gasteiger partial charge in [-0.2, -0.15) is 10.2 Å². The molecule has 0 saturated heterocycles. The standard InChI is InChI=1S/C20H19N5O2/c1-24-18(9-10-21-24)15-7-8-17-16(12-15)13-25(22-17)19(20(26)23-27)11-14-5-3-2-4-6-14/h2-10,12-13,19,27H,11H2,1H3,(H,23,26). The van der Waals surface area contributed by atoms with E-state index in [0.29, 0.717) is 6.42 Å². The van der Waals surface area contributed by atoms with E-state index < -0.39 is 11.9 Å². The number of aromatic nitrogens is 4. The number of carbonyl (C=O) groups is 1. The van der Waals surface area contributed by atoms with Gasteiger partial charge in [0.15, 0.2) is 0 Å². The molecule has 7 heteroatoms. The number of amides is 1. The molecule has 0 bridgehead atoms. The molecule has 2 heterocycles. The van der Waals surface area contributed by atoms with Crippen LogP contribution in [0, 0.1) is 0 Å². The number of rotatable bonds is 5. The maximum absolute atomic E-state index is 12.3. The monoisotopic (exact) mass is 361 g/mol. The molecule has 1 amide bonds. The molecule has 4 rings (SSSR count). The molecule has 1 atom stereocenters. The van der Waals surface area contributed by atoms with Gasteiger partial charge in [-0.25, -0.2) is 5.48 Å². The normalized spacial score (nSPS) is 12.2. The minimum absolute atomic E-state index is 0.426. The molecule has 2 N–H and O–H groups in total. The van der Waals surface area contributed by atoms with E-state index in [4.69, 9.17) is 5.21 Å². The zero-order chi connectivity index (χ0) is 18.8. The van der Waals surface area contributed by atoms with Crippen LogP contribution in [0.5, 0.6) is 0 Å². The summed E-state index contributed by atoms with van der Waals surface area (Å²) in [5, 5.41) is 18.8. The Labute approximate surface area is 155 Å². The molecule has 0 aliphatic heterocycles. The smallest absolute Gasteiger partial charge is 0.268 e. The Morgan fingerprint density at radius 1 is 1.19 bits per heavy atom. The largest absolute Gasteiger partial charge is 0.289 e. The van der Waals surface area contributed by atoms with Gasteiger partial charge in [-0.3, -0.25) is 19.4 Å². The Morgan fingerprint density at radius 2 is 2.00 bits per heavy atom. The lowest BCUT2D eigenvalue weighted by Gasteiger charge is -2.15. The predicted molar refractivity (Wildman–Crippen MR) is 101 cm³/mol. The number of hydrogen-bond acceptors (Lipinski definition) is 4. The van der Waals surface area contributed by atoms with Crippen molar-refractivity contribution in [2.75, 3.05) is 0 Å². The van der Waals surface area contributed by atoms with Crippen molar-refractivity contribution in [3.63, 3.8) is 0 Å². The van der Waals surface area contributed by atoms with Crippen LogP contribution in [0.4, 0.5) is 0 Å². The zero-order valence-corrected chi connectivity index (χ0v) is 14.8. The summed E-state index contributed by atoms with van der Waals surface area (Å²) < 4.78 is 3.42. The van der Waals surface area contributed by atoms with Crippen LogP contribution in [0.25, 0.3) is 22.2 Å². The van der Waals surface area contributed by atoms with Gasteiger partial charge in [0.1, 0.15) is 6.04 Å². The van der Waals surface area contributed by atoms with Crippen molar-refractivity contribution in [3.05, 3.63) is 72.6 Å². The summed E-state index contributed by atoms with van der Waals surface area (Å²) in [6, 6.07) is 16.9. The second-order valence-electron chi connectivity index (χ2n) is 6.40. The highest BCUT2D eigenvalue weighted by Gasteiger charge is 2.22. The number of carbonyl (C=O) groups excluding carboxylic acids is 1. The maximum Gasteiger partial charge on any atom is 0.268 e. The average Bonchev–Trinajstić information content (AvgIpc) is 3.31.